The van der Waals surface area contributed by atoms with E-state index in [0.717, 1.165) is 37.1 Å². The van der Waals surface area contributed by atoms with Gasteiger partial charge in [0.2, 0.25) is 0 Å². The first-order valence-corrected chi connectivity index (χ1v) is 13.3. The molecule has 0 saturated heterocycles. The van der Waals surface area contributed by atoms with Crippen LogP contribution in [0.1, 0.15) is 67.7 Å². The molecule has 2 aromatic carbocycles. The van der Waals surface area contributed by atoms with Gasteiger partial charge >= 0.3 is 6.18 Å². The molecule has 7 heteroatoms. The average Bonchev–Trinajstić information content (AvgIpc) is 3.23. The van der Waals surface area contributed by atoms with Gasteiger partial charge in [-0.1, -0.05) is 31.2 Å². The van der Waals surface area contributed by atoms with Crippen LogP contribution in [0.2, 0.25) is 0 Å². The van der Waals surface area contributed by atoms with Crippen LogP contribution in [0.5, 0.6) is 5.75 Å². The molecule has 2 fully saturated rings. The van der Waals surface area contributed by atoms with Crippen molar-refractivity contribution in [2.24, 2.45) is 23.2 Å². The smallest absolute Gasteiger partial charge is 0.416 e. The summed E-state index contributed by atoms with van der Waals surface area (Å²) in [4.78, 5) is 13.3. The molecule has 38 heavy (non-hydrogen) atoms. The highest BCUT2D eigenvalue weighted by Gasteiger charge is 2.62. The van der Waals surface area contributed by atoms with Gasteiger partial charge in [-0.05, 0) is 103 Å². The zero-order valence-electron chi connectivity index (χ0n) is 22.0. The highest BCUT2D eigenvalue weighted by molar-refractivity contribution is 6.00. The van der Waals surface area contributed by atoms with Crippen molar-refractivity contribution in [1.29, 1.82) is 0 Å². The van der Waals surface area contributed by atoms with E-state index in [-0.39, 0.29) is 23.7 Å². The van der Waals surface area contributed by atoms with Crippen LogP contribution < -0.4 is 4.74 Å². The van der Waals surface area contributed by atoms with Gasteiger partial charge in [0, 0.05) is 11.8 Å². The second kappa shape index (κ2) is 9.53. The van der Waals surface area contributed by atoms with Crippen LogP contribution in [-0.2, 0) is 17.4 Å². The molecule has 0 spiro atoms. The van der Waals surface area contributed by atoms with E-state index in [2.05, 4.69) is 19.1 Å². The first kappa shape index (κ1) is 26.9. The minimum atomic E-state index is -4.42. The monoisotopic (exact) mass is 528 g/mol. The number of carbonyl (C=O) groups excluding carboxylic acids is 1. The Morgan fingerprint density at radius 3 is 2.47 bits per heavy atom. The number of aliphatic hydroxyl groups excluding tert-OH is 1. The number of ketones is 1. The molecule has 0 heterocycles. The average molecular weight is 529 g/mol. The Labute approximate surface area is 221 Å². The number of aliphatic hydroxyl groups is 2. The van der Waals surface area contributed by atoms with E-state index in [1.807, 2.05) is 6.07 Å². The van der Waals surface area contributed by atoms with Crippen LogP contribution in [0.15, 0.2) is 48.5 Å². The molecule has 1 unspecified atom stereocenters. The lowest BCUT2D eigenvalue weighted by Crippen LogP contribution is -2.54. The fourth-order valence-electron chi connectivity index (χ4n) is 7.98. The SMILES string of the molecule is COc1ccc2c(c1)CC[C@@H]1[C@@H]2[C@H](O)C[C@]2(C)C([C@@](C)(O)C(=O)/C=C/c3ccc(C(F)(F)F)cc3)CC[C@@H]12. The van der Waals surface area contributed by atoms with Gasteiger partial charge in [0.05, 0.1) is 18.8 Å². The molecule has 0 radical (unpaired) electrons. The lowest BCUT2D eigenvalue weighted by atomic mass is 9.51. The third-order valence-electron chi connectivity index (χ3n) is 9.75. The maximum absolute atomic E-state index is 13.3. The third-order valence-corrected chi connectivity index (χ3v) is 9.75. The molecule has 7 atom stereocenters. The second-order valence-corrected chi connectivity index (χ2v) is 11.8. The molecule has 0 amide bonds. The molecule has 2 N–H and O–H groups in total. The lowest BCUT2D eigenvalue weighted by Gasteiger charge is -2.54. The Bertz CT molecular complexity index is 1230. The van der Waals surface area contributed by atoms with E-state index in [1.54, 1.807) is 14.0 Å². The molecule has 0 aromatic heterocycles. The van der Waals surface area contributed by atoms with Crippen molar-refractivity contribution in [3.8, 4) is 5.75 Å². The van der Waals surface area contributed by atoms with Crippen LogP contribution in [0.4, 0.5) is 13.2 Å². The van der Waals surface area contributed by atoms with E-state index in [9.17, 15) is 28.2 Å². The van der Waals surface area contributed by atoms with Gasteiger partial charge in [0.1, 0.15) is 11.4 Å². The van der Waals surface area contributed by atoms with Gasteiger partial charge in [-0.2, -0.15) is 13.2 Å². The first-order chi connectivity index (χ1) is 17.9. The number of rotatable bonds is 5. The molecule has 204 valence electrons. The Kier molecular flexibility index (Phi) is 6.75. The lowest BCUT2D eigenvalue weighted by molar-refractivity contribution is -0.148. The number of aryl methyl sites for hydroxylation is 1. The summed E-state index contributed by atoms with van der Waals surface area (Å²) < 4.78 is 43.9. The van der Waals surface area contributed by atoms with Crippen LogP contribution in [0.25, 0.3) is 6.08 Å². The van der Waals surface area contributed by atoms with Crippen molar-refractivity contribution < 1.29 is 32.9 Å². The van der Waals surface area contributed by atoms with E-state index >= 15 is 0 Å². The van der Waals surface area contributed by atoms with Crippen molar-refractivity contribution in [3.63, 3.8) is 0 Å². The molecule has 2 saturated carbocycles. The minimum Gasteiger partial charge on any atom is -0.497 e. The Morgan fingerprint density at radius 2 is 1.82 bits per heavy atom. The van der Waals surface area contributed by atoms with Crippen LogP contribution in [-0.4, -0.2) is 34.8 Å². The van der Waals surface area contributed by atoms with Crippen molar-refractivity contribution in [3.05, 3.63) is 70.8 Å². The summed E-state index contributed by atoms with van der Waals surface area (Å²) >= 11 is 0. The van der Waals surface area contributed by atoms with Crippen LogP contribution in [0, 0.1) is 23.2 Å². The predicted octanol–water partition coefficient (Wildman–Crippen LogP) is 6.19. The number of alkyl halides is 3. The number of benzene rings is 2. The van der Waals surface area contributed by atoms with E-state index in [1.165, 1.54) is 35.4 Å². The fraction of sp³-hybridized carbons (Fsp3) is 0.516. The number of halogens is 3. The van der Waals surface area contributed by atoms with Gasteiger partial charge in [0.25, 0.3) is 0 Å². The Morgan fingerprint density at radius 1 is 1.11 bits per heavy atom. The third kappa shape index (κ3) is 4.47. The summed E-state index contributed by atoms with van der Waals surface area (Å²) in [5, 5.41) is 23.0. The summed E-state index contributed by atoms with van der Waals surface area (Å²) in [5.74, 6) is 0.580. The highest BCUT2D eigenvalue weighted by Crippen LogP contribution is 2.65. The van der Waals surface area contributed by atoms with Crippen molar-refractivity contribution in [2.75, 3.05) is 7.11 Å². The summed E-state index contributed by atoms with van der Waals surface area (Å²) in [7, 11) is 1.65. The number of ether oxygens (including phenoxy) is 1. The van der Waals surface area contributed by atoms with Gasteiger partial charge < -0.3 is 14.9 Å². The van der Waals surface area contributed by atoms with Gasteiger partial charge in [-0.3, -0.25) is 4.79 Å². The van der Waals surface area contributed by atoms with Crippen molar-refractivity contribution >= 4 is 11.9 Å². The maximum Gasteiger partial charge on any atom is 0.416 e. The predicted molar refractivity (Wildman–Crippen MR) is 139 cm³/mol. The summed E-state index contributed by atoms with van der Waals surface area (Å²) in [6, 6.07) is 10.7. The molecular weight excluding hydrogens is 493 g/mol. The largest absolute Gasteiger partial charge is 0.497 e. The Balaban J connectivity index is 1.36. The van der Waals surface area contributed by atoms with Crippen LogP contribution >= 0.6 is 0 Å². The van der Waals surface area contributed by atoms with E-state index < -0.39 is 34.6 Å². The Hall–Kier alpha value is -2.64. The van der Waals surface area contributed by atoms with Crippen LogP contribution in [0.3, 0.4) is 0 Å². The summed E-state index contributed by atoms with van der Waals surface area (Å²) in [6.07, 6.45) is 1.62. The molecule has 0 aliphatic heterocycles. The molecule has 4 nitrogen and oxygen atoms in total. The summed E-state index contributed by atoms with van der Waals surface area (Å²) in [5.41, 5.74) is 0.0352. The zero-order valence-corrected chi connectivity index (χ0v) is 22.0. The fourth-order valence-corrected chi connectivity index (χ4v) is 7.98. The van der Waals surface area contributed by atoms with Gasteiger partial charge in [-0.25, -0.2) is 0 Å². The summed E-state index contributed by atoms with van der Waals surface area (Å²) in [6.45, 7) is 3.66. The van der Waals surface area contributed by atoms with Gasteiger partial charge in [0.15, 0.2) is 5.78 Å². The van der Waals surface area contributed by atoms with E-state index in [0.29, 0.717) is 18.4 Å². The minimum absolute atomic E-state index is 0.0293. The first-order valence-electron chi connectivity index (χ1n) is 13.3. The van der Waals surface area contributed by atoms with Crippen molar-refractivity contribution in [1.82, 2.24) is 0 Å². The molecule has 5 rings (SSSR count). The normalized spacial score (nSPS) is 32.3. The van der Waals surface area contributed by atoms with E-state index in [4.69, 9.17) is 4.74 Å². The molecule has 3 aliphatic carbocycles. The topological polar surface area (TPSA) is 66.8 Å². The van der Waals surface area contributed by atoms with Crippen molar-refractivity contribution in [2.45, 2.75) is 69.8 Å². The van der Waals surface area contributed by atoms with Gasteiger partial charge in [-0.15, -0.1) is 0 Å². The second-order valence-electron chi connectivity index (χ2n) is 11.8. The number of fused-ring (bicyclic) bond motifs is 5. The molecule has 3 aliphatic rings. The number of hydrogen-bond acceptors (Lipinski definition) is 4. The zero-order chi connectivity index (χ0) is 27.5. The number of hydrogen-bond donors (Lipinski definition) is 2. The number of carbonyl (C=O) groups is 1. The number of methoxy groups -OCH3 is 1. The molecular formula is C31H35F3O4. The highest BCUT2D eigenvalue weighted by atomic mass is 19.4. The standard InChI is InChI=1S/C31H35F3O4/c1-29-17-25(35)28-22-12-10-21(38-3)16-19(22)7-11-23(28)24(29)13-14-26(29)30(2,37)27(36)15-6-18-4-8-20(9-5-18)31(32,33)34/h4-6,8-10,12,15-16,23-26,28,35,37H,7,11,13-14,17H2,1-3H3/b15-6+/t23-,24-,25+,26?,28+,29-,30+/m0/s1. The maximum atomic E-state index is 13.3. The quantitative estimate of drug-likeness (QED) is 0.454. The molecule has 2 aromatic rings. The molecule has 0 bridgehead atoms.